The number of aliphatic hydroxyl groups excluding tert-OH is 4. The van der Waals surface area contributed by atoms with Crippen LogP contribution in [0.1, 0.15) is 376 Å². The quantitative estimate of drug-likeness (QED) is 0.0118. The molecular weight excluding hydrogens is 1240 g/mol. The van der Waals surface area contributed by atoms with Crippen LogP contribution in [0.25, 0.3) is 0 Å². The molecule has 1 heterocycles. The Bertz CT molecular complexity index is 1810. The fourth-order valence-electron chi connectivity index (χ4n) is 9.87. The van der Waals surface area contributed by atoms with Gasteiger partial charge in [-0.05, 0) is 25.7 Å². The van der Waals surface area contributed by atoms with Gasteiger partial charge in [-0.15, -0.1) is 0 Å². The summed E-state index contributed by atoms with van der Waals surface area (Å²) in [6.07, 6.45) is 53.2. The minimum absolute atomic E-state index is 0. The van der Waals surface area contributed by atoms with E-state index in [9.17, 15) is 43.2 Å². The zero-order valence-corrected chi connectivity index (χ0v) is 58.8. The van der Waals surface area contributed by atoms with Gasteiger partial charge in [0.15, 0.2) is 6.10 Å². The van der Waals surface area contributed by atoms with E-state index in [0.29, 0.717) is 32.1 Å². The molecule has 1 aliphatic rings. The van der Waals surface area contributed by atoms with E-state index in [1.807, 2.05) is 0 Å². The number of carboxylic acid groups (broad SMARTS) is 5. The van der Waals surface area contributed by atoms with E-state index < -0.39 is 91.0 Å². The molecule has 22 heteroatoms. The summed E-state index contributed by atoms with van der Waals surface area (Å²) in [5, 5.41) is 74.6. The monoisotopic (exact) mass is 1380 g/mol. The first-order valence-corrected chi connectivity index (χ1v) is 36.7. The average molecular weight is 1380 g/mol. The predicted molar refractivity (Wildman–Crippen MR) is 376 cm³/mol. The van der Waals surface area contributed by atoms with E-state index in [1.165, 1.54) is 231 Å². The number of aliphatic hydroxyl groups is 4. The van der Waals surface area contributed by atoms with Crippen molar-refractivity contribution in [1.29, 1.82) is 0 Å². The lowest BCUT2D eigenvalue weighted by molar-refractivity contribution is -0.167. The third-order valence-electron chi connectivity index (χ3n) is 15.6. The first-order valence-electron chi connectivity index (χ1n) is 36.7. The van der Waals surface area contributed by atoms with Crippen LogP contribution in [0.4, 0.5) is 0 Å². The highest BCUT2D eigenvalue weighted by molar-refractivity contribution is 5.97. The van der Waals surface area contributed by atoms with Gasteiger partial charge in [-0.3, -0.25) is 28.8 Å². The second-order valence-corrected chi connectivity index (χ2v) is 24.8. The first-order chi connectivity index (χ1) is 45.2. The average Bonchev–Trinajstić information content (AvgIpc) is 1.62. The Labute approximate surface area is 579 Å². The third-order valence-corrected chi connectivity index (χ3v) is 15.6. The van der Waals surface area contributed by atoms with Gasteiger partial charge in [-0.2, -0.15) is 0 Å². The van der Waals surface area contributed by atoms with Gasteiger partial charge >= 0.3 is 59.5 Å². The van der Waals surface area contributed by atoms with Crippen molar-refractivity contribution in [2.75, 3.05) is 26.4 Å². The highest BCUT2D eigenvalue weighted by Gasteiger charge is 2.64. The zero-order chi connectivity index (χ0) is 71.0. The van der Waals surface area contributed by atoms with Crippen molar-refractivity contribution < 1.29 is 108 Å². The Balaban J connectivity index is -0.000000289. The number of ether oxygens (including phenoxy) is 4. The summed E-state index contributed by atoms with van der Waals surface area (Å²) in [5.74, 6) is -10.6. The van der Waals surface area contributed by atoms with Crippen molar-refractivity contribution >= 4 is 53.7 Å². The highest BCUT2D eigenvalue weighted by atomic mass is 16.8. The molecule has 1 fully saturated rings. The van der Waals surface area contributed by atoms with Gasteiger partial charge in [0, 0.05) is 45.5 Å². The predicted octanol–water partition coefficient (Wildman–Crippen LogP) is 17.0. The largest absolute Gasteiger partial charge is 0.481 e. The summed E-state index contributed by atoms with van der Waals surface area (Å²) in [4.78, 5) is 97.9. The number of carboxylic acids is 5. The van der Waals surface area contributed by atoms with Gasteiger partial charge < -0.3 is 64.9 Å². The van der Waals surface area contributed by atoms with Gasteiger partial charge in [-0.1, -0.05) is 305 Å². The third kappa shape index (κ3) is 81.5. The van der Waals surface area contributed by atoms with Crippen LogP contribution in [-0.4, -0.2) is 144 Å². The van der Waals surface area contributed by atoms with E-state index in [0.717, 1.165) is 44.9 Å². The van der Waals surface area contributed by atoms with Crippen molar-refractivity contribution in [2.24, 2.45) is 0 Å². The molecule has 0 bridgehead atoms. The number of hydrogen-bond donors (Lipinski definition) is 9. The second kappa shape index (κ2) is 79.1. The lowest BCUT2D eigenvalue weighted by atomic mass is 10.0. The fraction of sp³-hybridized carbons (Fsp3) is 0.878. The molecule has 0 aromatic heterocycles. The molecule has 0 radical (unpaired) electrons. The van der Waals surface area contributed by atoms with Gasteiger partial charge in [0.1, 0.15) is 6.42 Å². The number of esters is 3. The number of aliphatic carboxylic acids is 5. The number of rotatable bonds is 63. The van der Waals surface area contributed by atoms with Gasteiger partial charge in [-0.25, -0.2) is 14.4 Å². The Morgan fingerprint density at radius 3 is 0.875 bits per heavy atom. The van der Waals surface area contributed by atoms with Crippen LogP contribution in [0, 0.1) is 0 Å². The smallest absolute Gasteiger partial charge is 0.397 e. The summed E-state index contributed by atoms with van der Waals surface area (Å²) < 4.78 is 19.4. The molecule has 0 saturated carbocycles. The highest BCUT2D eigenvalue weighted by Crippen LogP contribution is 2.35. The normalized spacial score (nSPS) is 13.1. The minimum atomic E-state index is -1.79. The van der Waals surface area contributed by atoms with E-state index in [4.69, 9.17) is 64.9 Å². The van der Waals surface area contributed by atoms with Crippen LogP contribution in [-0.2, 0) is 62.1 Å². The van der Waals surface area contributed by atoms with Gasteiger partial charge in [0.05, 0.1) is 19.4 Å². The van der Waals surface area contributed by atoms with Crippen LogP contribution in [0.5, 0.6) is 0 Å². The maximum atomic E-state index is 12.0. The minimum Gasteiger partial charge on any atom is -0.481 e. The number of carbonyl (C=O) groups excluding carboxylic acids is 4. The van der Waals surface area contributed by atoms with Gasteiger partial charge in [0.25, 0.3) is 0 Å². The van der Waals surface area contributed by atoms with Crippen molar-refractivity contribution in [3.05, 3.63) is 0 Å². The molecule has 0 aromatic carbocycles. The Kier molecular flexibility index (Phi) is 84.1. The molecule has 0 amide bonds. The maximum Gasteiger partial charge on any atom is 0.397 e. The fourth-order valence-corrected chi connectivity index (χ4v) is 9.87. The van der Waals surface area contributed by atoms with Crippen molar-refractivity contribution in [2.45, 2.75) is 394 Å². The topological polar surface area (TPSA) is 376 Å². The van der Waals surface area contributed by atoms with Crippen LogP contribution < -0.4 is 0 Å². The van der Waals surface area contributed by atoms with Crippen LogP contribution in [0.15, 0.2) is 0 Å². The second-order valence-electron chi connectivity index (χ2n) is 24.8. The molecule has 0 spiro atoms. The van der Waals surface area contributed by atoms with Crippen LogP contribution >= 0.6 is 0 Å². The molecular formula is C74H142O22. The molecule has 3 atom stereocenters. The van der Waals surface area contributed by atoms with E-state index in [1.54, 1.807) is 0 Å². The summed E-state index contributed by atoms with van der Waals surface area (Å²) in [5.41, 5.74) is 0. The number of epoxide rings is 1. The maximum absolute atomic E-state index is 12.0. The molecule has 0 aliphatic carbocycles. The summed E-state index contributed by atoms with van der Waals surface area (Å²) in [6.45, 7) is 6.91. The Hall–Kier alpha value is -4.93. The van der Waals surface area contributed by atoms with E-state index in [-0.39, 0.29) is 54.1 Å². The molecule has 3 unspecified atom stereocenters. The molecule has 1 saturated heterocycles. The van der Waals surface area contributed by atoms with E-state index >= 15 is 0 Å². The standard InChI is InChI=1S/C25H44O7.C22H40O6.C18H36O2.C4H6O5.C3H8O2.2CH4/c1-2-3-4-5-6-7-8-9-10-11-12-13-14-15-16-18-22(27)31-25(24(29)32-25)21-23(28)30-20-17-19-26;1-2-3-4-5-6-7-8-9-10-11-12-13-14-15-16-17-21(25)28-19(22(26)27)18-20(23)24;1-2-3-4-5-6-7-8-9-10-11-12-13-14-15-16-17-18(19)20;5-2(4(8)9)1-3(6)7;4-2-1-3-5;;/h26H,2-21H2,1H3;19H,2-18H2,1H3,(H,23,24)(H,26,27);2-17H2,1H3,(H,19,20);2,5H,1H2,(H,6,7)(H,8,9);4-5H,1-3H2;2*1H4. The van der Waals surface area contributed by atoms with Gasteiger partial charge in [0.2, 0.25) is 6.10 Å². The molecule has 9 N–H and O–H groups in total. The molecule has 22 nitrogen and oxygen atoms in total. The molecule has 0 aromatic rings. The van der Waals surface area contributed by atoms with Crippen molar-refractivity contribution in [3.63, 3.8) is 0 Å². The van der Waals surface area contributed by atoms with E-state index in [2.05, 4.69) is 20.8 Å². The number of hydrogen-bond acceptors (Lipinski definition) is 17. The molecule has 570 valence electrons. The summed E-state index contributed by atoms with van der Waals surface area (Å²) >= 11 is 0. The number of carbonyl (C=O) groups is 9. The van der Waals surface area contributed by atoms with Crippen molar-refractivity contribution in [3.8, 4) is 0 Å². The SMILES string of the molecule is C.C.CCCCCCCCCCCCCCCCCC(=O)O.CCCCCCCCCCCCCCCCCC(=O)OC(CC(=O)O)C(=O)O.CCCCCCCCCCCCCCCCCC(=O)OC1(CC(=O)OCCCO)OC1=O.O=C(O)CC(O)C(=O)O.OCCCO. The molecule has 1 rings (SSSR count). The summed E-state index contributed by atoms with van der Waals surface area (Å²) in [6, 6.07) is 0. The molecule has 1 aliphatic heterocycles. The Morgan fingerprint density at radius 2 is 0.646 bits per heavy atom. The lowest BCUT2D eigenvalue weighted by Gasteiger charge is -2.11. The Morgan fingerprint density at radius 1 is 0.365 bits per heavy atom. The summed E-state index contributed by atoms with van der Waals surface area (Å²) in [7, 11) is 0. The van der Waals surface area contributed by atoms with Crippen molar-refractivity contribution in [1.82, 2.24) is 0 Å². The lowest BCUT2D eigenvalue weighted by Crippen LogP contribution is -2.29. The van der Waals surface area contributed by atoms with Crippen LogP contribution in [0.3, 0.4) is 0 Å². The zero-order valence-electron chi connectivity index (χ0n) is 58.8. The molecule has 96 heavy (non-hydrogen) atoms. The van der Waals surface area contributed by atoms with Crippen LogP contribution in [0.2, 0.25) is 0 Å². The first kappa shape index (κ1) is 102. The number of cyclic esters (lactones) is 1. The number of unbranched alkanes of at least 4 members (excludes halogenated alkanes) is 42.